The van der Waals surface area contributed by atoms with Gasteiger partial charge >= 0.3 is 5.97 Å². The minimum absolute atomic E-state index is 0.0396. The van der Waals surface area contributed by atoms with Crippen LogP contribution in [0.2, 0.25) is 0 Å². The predicted molar refractivity (Wildman–Crippen MR) is 167 cm³/mol. The number of nitrogens with two attached hydrogens (primary N) is 2. The number of hydrogen-bond donors (Lipinski definition) is 3. The number of aliphatic imine (C=N–C) groups is 1. The highest BCUT2D eigenvalue weighted by molar-refractivity contribution is 6.22. The molecular weight excluding hydrogens is 542 g/mol. The van der Waals surface area contributed by atoms with Crippen molar-refractivity contribution in [2.45, 2.75) is 19.9 Å². The third-order valence-electron chi connectivity index (χ3n) is 7.60. The second-order valence-corrected chi connectivity index (χ2v) is 10.5. The van der Waals surface area contributed by atoms with Gasteiger partial charge in [-0.1, -0.05) is 42.5 Å². The van der Waals surface area contributed by atoms with Crippen LogP contribution in [0.3, 0.4) is 0 Å². The molecule has 1 heterocycles. The maximum atomic E-state index is 13.6. The van der Waals surface area contributed by atoms with Gasteiger partial charge in [-0.2, -0.15) is 0 Å². The van der Waals surface area contributed by atoms with Crippen LogP contribution in [0, 0.1) is 11.8 Å². The molecule has 0 radical (unpaired) electrons. The van der Waals surface area contributed by atoms with Crippen molar-refractivity contribution in [3.63, 3.8) is 0 Å². The Bertz CT molecular complexity index is 1590. The lowest BCUT2D eigenvalue weighted by atomic mass is 10.0. The lowest BCUT2D eigenvalue weighted by Crippen LogP contribution is -2.32. The summed E-state index contributed by atoms with van der Waals surface area (Å²) in [5.41, 5.74) is 17.6. The fraction of sp³-hybridized carbons (Fsp3) is 0.265. The second-order valence-electron chi connectivity index (χ2n) is 10.5. The first-order valence-electron chi connectivity index (χ1n) is 14.4. The van der Waals surface area contributed by atoms with E-state index >= 15 is 0 Å². The topological polar surface area (TPSA) is 132 Å². The molecule has 2 aliphatic rings. The molecule has 3 aromatic carbocycles. The van der Waals surface area contributed by atoms with Gasteiger partial charge in [0.25, 0.3) is 5.91 Å². The minimum Gasteiger partial charge on any atom is -0.491 e. The molecule has 3 aromatic rings. The Kier molecular flexibility index (Phi) is 9.10. The van der Waals surface area contributed by atoms with Crippen molar-refractivity contribution in [3.05, 3.63) is 108 Å². The fourth-order valence-corrected chi connectivity index (χ4v) is 5.36. The van der Waals surface area contributed by atoms with Crippen LogP contribution >= 0.6 is 0 Å². The average molecular weight is 580 g/mol. The number of carbonyl (C=O) groups excluding carboxylic acids is 2. The van der Waals surface area contributed by atoms with Crippen molar-refractivity contribution >= 4 is 23.3 Å². The van der Waals surface area contributed by atoms with Gasteiger partial charge in [-0.15, -0.1) is 0 Å². The Morgan fingerprint density at radius 3 is 2.60 bits per heavy atom. The largest absolute Gasteiger partial charge is 0.491 e. The fourth-order valence-electron chi connectivity index (χ4n) is 5.36. The number of benzene rings is 3. The number of rotatable bonds is 9. The summed E-state index contributed by atoms with van der Waals surface area (Å²) in [5.74, 6) is 0.207. The zero-order chi connectivity index (χ0) is 30.3. The number of esters is 1. The van der Waals surface area contributed by atoms with E-state index in [1.54, 1.807) is 20.2 Å². The Morgan fingerprint density at radius 1 is 1.07 bits per heavy atom. The molecule has 9 nitrogen and oxygen atoms in total. The molecular formula is C34H37N5O4. The van der Waals surface area contributed by atoms with Crippen LogP contribution in [0.15, 0.2) is 101 Å². The Hall–Kier alpha value is -5.05. The summed E-state index contributed by atoms with van der Waals surface area (Å²) in [6, 6.07) is 23.1. The summed E-state index contributed by atoms with van der Waals surface area (Å²) in [7, 11) is 1.79. The molecule has 0 aromatic heterocycles. The first-order valence-corrected chi connectivity index (χ1v) is 14.4. The van der Waals surface area contributed by atoms with Crippen LogP contribution in [0.1, 0.15) is 29.3 Å². The van der Waals surface area contributed by atoms with E-state index in [9.17, 15) is 9.59 Å². The third kappa shape index (κ3) is 6.72. The van der Waals surface area contributed by atoms with Crippen molar-refractivity contribution < 1.29 is 19.1 Å². The molecule has 1 saturated carbocycles. The number of nitrogens with one attached hydrogen (secondary N) is 1. The van der Waals surface area contributed by atoms with Crippen LogP contribution in [0.25, 0.3) is 11.1 Å². The number of allylic oxidation sites excluding steroid dienone is 1. The van der Waals surface area contributed by atoms with Gasteiger partial charge in [-0.25, -0.2) is 4.79 Å². The van der Waals surface area contributed by atoms with E-state index in [1.165, 1.54) is 6.20 Å². The summed E-state index contributed by atoms with van der Waals surface area (Å²) in [5, 5.41) is 2.96. The van der Waals surface area contributed by atoms with Gasteiger partial charge in [0, 0.05) is 54.7 Å². The molecule has 9 heteroatoms. The average Bonchev–Trinajstić information content (AvgIpc) is 3.85. The molecule has 2 atom stereocenters. The van der Waals surface area contributed by atoms with Crippen LogP contribution in [-0.2, 0) is 16.1 Å². The first kappa shape index (κ1) is 29.4. The van der Waals surface area contributed by atoms with E-state index in [-0.39, 0.29) is 29.9 Å². The SMILES string of the molecule is CCOC(=O)C(=CN)C(=Nc1cccc(-c2cccc(C(=O)N3CCOc4ccccc4C3)c2)c1)[C@@H]1CC1/C(N)=C/NC. The van der Waals surface area contributed by atoms with E-state index in [1.807, 2.05) is 77.7 Å². The van der Waals surface area contributed by atoms with E-state index in [4.69, 9.17) is 25.9 Å². The number of fused-ring (bicyclic) bond motifs is 1. The van der Waals surface area contributed by atoms with Gasteiger partial charge < -0.3 is 31.2 Å². The Morgan fingerprint density at radius 2 is 1.84 bits per heavy atom. The number of para-hydroxylation sites is 1. The van der Waals surface area contributed by atoms with E-state index in [0.29, 0.717) is 42.4 Å². The van der Waals surface area contributed by atoms with Crippen LogP contribution < -0.4 is 21.5 Å². The lowest BCUT2D eigenvalue weighted by molar-refractivity contribution is -0.137. The molecule has 5 N–H and O–H groups in total. The third-order valence-corrected chi connectivity index (χ3v) is 7.60. The van der Waals surface area contributed by atoms with Crippen molar-refractivity contribution in [2.24, 2.45) is 28.3 Å². The molecule has 0 spiro atoms. The predicted octanol–water partition coefficient (Wildman–Crippen LogP) is 4.52. The van der Waals surface area contributed by atoms with Crippen molar-refractivity contribution in [1.82, 2.24) is 10.2 Å². The molecule has 0 saturated heterocycles. The molecule has 1 aliphatic heterocycles. The maximum absolute atomic E-state index is 13.6. The standard InChI is InChI=1S/C34H37N5O4/c1-3-42-34(41)29(19-35)32(28-18-27(28)30(36)20-37-2)38-26-12-7-10-23(17-26)22-9-6-11-24(16-22)33(40)39-14-15-43-31-13-5-4-8-25(31)21-39/h4-13,16-17,19-20,27-28,37H,3,14-15,18,21,35-36H2,1-2H3/b29-19?,30-20-,38-32?/t27?,28-/m1/s1. The van der Waals surface area contributed by atoms with Crippen LogP contribution in [0.4, 0.5) is 5.69 Å². The van der Waals surface area contributed by atoms with E-state index < -0.39 is 5.97 Å². The zero-order valence-corrected chi connectivity index (χ0v) is 24.5. The van der Waals surface area contributed by atoms with Crippen LogP contribution in [-0.4, -0.2) is 49.3 Å². The maximum Gasteiger partial charge on any atom is 0.341 e. The van der Waals surface area contributed by atoms with Crippen molar-refractivity contribution in [2.75, 3.05) is 26.8 Å². The summed E-state index contributed by atoms with van der Waals surface area (Å²) in [4.78, 5) is 33.1. The monoisotopic (exact) mass is 579 g/mol. The van der Waals surface area contributed by atoms with Crippen molar-refractivity contribution in [1.29, 1.82) is 0 Å². The number of amides is 1. The highest BCUT2D eigenvalue weighted by atomic mass is 16.5. The quantitative estimate of drug-likeness (QED) is 0.193. The molecule has 1 aliphatic carbocycles. The van der Waals surface area contributed by atoms with Gasteiger partial charge in [0.05, 0.1) is 30.1 Å². The van der Waals surface area contributed by atoms with Gasteiger partial charge in [0.1, 0.15) is 12.4 Å². The second kappa shape index (κ2) is 13.3. The normalized spacial score (nSPS) is 18.7. The van der Waals surface area contributed by atoms with Crippen molar-refractivity contribution in [3.8, 4) is 16.9 Å². The zero-order valence-electron chi connectivity index (χ0n) is 24.5. The minimum atomic E-state index is -0.519. The molecule has 5 rings (SSSR count). The van der Waals surface area contributed by atoms with E-state index in [0.717, 1.165) is 28.9 Å². The number of ether oxygens (including phenoxy) is 2. The highest BCUT2D eigenvalue weighted by Gasteiger charge is 2.45. The smallest absolute Gasteiger partial charge is 0.341 e. The Balaban J connectivity index is 1.43. The molecule has 222 valence electrons. The van der Waals surface area contributed by atoms with Gasteiger partial charge in [-0.05, 0) is 54.8 Å². The van der Waals surface area contributed by atoms with Crippen LogP contribution in [0.5, 0.6) is 5.75 Å². The number of nitrogens with zero attached hydrogens (tertiary/aromatic N) is 2. The summed E-state index contributed by atoms with van der Waals surface area (Å²) >= 11 is 0. The first-order chi connectivity index (χ1) is 20.9. The lowest BCUT2D eigenvalue weighted by Gasteiger charge is -2.20. The molecule has 1 amide bonds. The molecule has 1 fully saturated rings. The Labute approximate surface area is 251 Å². The molecule has 1 unspecified atom stereocenters. The molecule has 0 bridgehead atoms. The van der Waals surface area contributed by atoms with Gasteiger partial charge in [0.15, 0.2) is 0 Å². The highest BCUT2D eigenvalue weighted by Crippen LogP contribution is 2.45. The van der Waals surface area contributed by atoms with Gasteiger partial charge in [0.2, 0.25) is 0 Å². The summed E-state index contributed by atoms with van der Waals surface area (Å²) in [6.45, 7) is 3.39. The number of carbonyl (C=O) groups is 2. The van der Waals surface area contributed by atoms with E-state index in [2.05, 4.69) is 5.32 Å². The number of hydrogen-bond acceptors (Lipinski definition) is 8. The summed E-state index contributed by atoms with van der Waals surface area (Å²) in [6.07, 6.45) is 3.76. The summed E-state index contributed by atoms with van der Waals surface area (Å²) < 4.78 is 11.1. The van der Waals surface area contributed by atoms with Gasteiger partial charge in [-0.3, -0.25) is 9.79 Å². The molecule has 43 heavy (non-hydrogen) atoms.